The Morgan fingerprint density at radius 1 is 1.53 bits per heavy atom. The molecule has 2 aromatic heterocycles. The first kappa shape index (κ1) is 14.2. The van der Waals surface area contributed by atoms with Crippen LogP contribution < -0.4 is 5.56 Å². The zero-order valence-electron chi connectivity index (χ0n) is 10.8. The molecule has 19 heavy (non-hydrogen) atoms. The van der Waals surface area contributed by atoms with Gasteiger partial charge in [-0.3, -0.25) is 4.79 Å². The monoisotopic (exact) mass is 374 g/mol. The van der Waals surface area contributed by atoms with Gasteiger partial charge < -0.3 is 14.3 Å². The van der Waals surface area contributed by atoms with Crippen LogP contribution >= 0.6 is 22.6 Å². The maximum atomic E-state index is 11.9. The average Bonchev–Trinajstić information content (AvgIpc) is 2.84. The van der Waals surface area contributed by atoms with Crippen molar-refractivity contribution in [1.82, 2.24) is 19.5 Å². The van der Waals surface area contributed by atoms with Gasteiger partial charge in [-0.2, -0.15) is 0 Å². The standard InChI is InChI=1S/C12H15IN4O2/c1-3-4-17-7-14-5-9(17)11-15-8(6-19-2)10(13)12(18)16-11/h5,7H,3-4,6H2,1-2H3,(H,15,16,18). The van der Waals surface area contributed by atoms with Crippen LogP contribution in [0.15, 0.2) is 17.3 Å². The summed E-state index contributed by atoms with van der Waals surface area (Å²) in [5, 5.41) is 0. The molecule has 0 unspecified atom stereocenters. The summed E-state index contributed by atoms with van der Waals surface area (Å²) in [6.45, 7) is 3.24. The van der Waals surface area contributed by atoms with E-state index in [9.17, 15) is 4.79 Å². The highest BCUT2D eigenvalue weighted by Crippen LogP contribution is 2.16. The molecule has 102 valence electrons. The van der Waals surface area contributed by atoms with Crippen molar-refractivity contribution in [1.29, 1.82) is 0 Å². The number of hydrogen-bond acceptors (Lipinski definition) is 4. The number of aromatic nitrogens is 4. The van der Waals surface area contributed by atoms with Gasteiger partial charge in [-0.25, -0.2) is 9.97 Å². The molecule has 0 saturated carbocycles. The van der Waals surface area contributed by atoms with Crippen LogP contribution in [0.4, 0.5) is 0 Å². The molecular formula is C12H15IN4O2. The van der Waals surface area contributed by atoms with Crippen molar-refractivity contribution in [3.05, 3.63) is 32.1 Å². The number of nitrogens with one attached hydrogen (secondary N) is 1. The lowest BCUT2D eigenvalue weighted by molar-refractivity contribution is 0.180. The summed E-state index contributed by atoms with van der Waals surface area (Å²) < 4.78 is 7.61. The number of ether oxygens (including phenoxy) is 1. The van der Waals surface area contributed by atoms with Crippen LogP contribution in [-0.2, 0) is 17.9 Å². The van der Waals surface area contributed by atoms with Crippen molar-refractivity contribution in [2.45, 2.75) is 26.5 Å². The van der Waals surface area contributed by atoms with E-state index in [1.807, 2.05) is 27.2 Å². The van der Waals surface area contributed by atoms with Crippen LogP contribution in [-0.4, -0.2) is 26.6 Å². The Morgan fingerprint density at radius 3 is 3.00 bits per heavy atom. The lowest BCUT2D eigenvalue weighted by atomic mass is 10.3. The van der Waals surface area contributed by atoms with Crippen molar-refractivity contribution in [2.24, 2.45) is 0 Å². The number of imidazole rings is 1. The van der Waals surface area contributed by atoms with Crippen molar-refractivity contribution in [3.63, 3.8) is 0 Å². The van der Waals surface area contributed by atoms with E-state index in [1.165, 1.54) is 0 Å². The molecule has 7 heteroatoms. The third kappa shape index (κ3) is 3.03. The molecule has 0 amide bonds. The van der Waals surface area contributed by atoms with Crippen molar-refractivity contribution >= 4 is 22.6 Å². The number of aromatic amines is 1. The Bertz CT molecular complexity index is 620. The van der Waals surface area contributed by atoms with Gasteiger partial charge in [-0.1, -0.05) is 6.92 Å². The number of rotatable bonds is 5. The average molecular weight is 374 g/mol. The number of nitrogens with zero attached hydrogens (tertiary/aromatic N) is 3. The molecule has 0 aliphatic carbocycles. The van der Waals surface area contributed by atoms with E-state index >= 15 is 0 Å². The Kier molecular flexibility index (Phi) is 4.70. The van der Waals surface area contributed by atoms with Gasteiger partial charge in [0, 0.05) is 13.7 Å². The van der Waals surface area contributed by atoms with Crippen molar-refractivity contribution in [2.75, 3.05) is 7.11 Å². The van der Waals surface area contributed by atoms with E-state index in [-0.39, 0.29) is 5.56 Å². The zero-order chi connectivity index (χ0) is 13.8. The van der Waals surface area contributed by atoms with Gasteiger partial charge in [-0.15, -0.1) is 0 Å². The molecule has 0 aliphatic heterocycles. The van der Waals surface area contributed by atoms with E-state index < -0.39 is 0 Å². The highest BCUT2D eigenvalue weighted by atomic mass is 127. The minimum Gasteiger partial charge on any atom is -0.378 e. The number of halogens is 1. The highest BCUT2D eigenvalue weighted by molar-refractivity contribution is 14.1. The minimum atomic E-state index is -0.151. The van der Waals surface area contributed by atoms with Crippen LogP contribution in [0, 0.1) is 3.57 Å². The molecule has 0 atom stereocenters. The molecule has 0 bridgehead atoms. The first-order valence-electron chi connectivity index (χ1n) is 5.95. The van der Waals surface area contributed by atoms with Gasteiger partial charge in [0.1, 0.15) is 9.26 Å². The van der Waals surface area contributed by atoms with E-state index in [0.717, 1.165) is 18.7 Å². The number of H-pyrrole nitrogens is 1. The molecule has 6 nitrogen and oxygen atoms in total. The molecule has 2 heterocycles. The number of methoxy groups -OCH3 is 1. The fourth-order valence-corrected chi connectivity index (χ4v) is 2.21. The van der Waals surface area contributed by atoms with Gasteiger partial charge in [0.2, 0.25) is 0 Å². The predicted octanol–water partition coefficient (Wildman–Crippen LogP) is 1.79. The first-order chi connectivity index (χ1) is 9.17. The summed E-state index contributed by atoms with van der Waals surface area (Å²) in [5.41, 5.74) is 1.31. The van der Waals surface area contributed by atoms with Gasteiger partial charge in [0.15, 0.2) is 5.82 Å². The van der Waals surface area contributed by atoms with Gasteiger partial charge in [0.25, 0.3) is 5.56 Å². The first-order valence-corrected chi connectivity index (χ1v) is 7.03. The second-order valence-corrected chi connectivity index (χ2v) is 5.16. The normalized spacial score (nSPS) is 10.9. The van der Waals surface area contributed by atoms with E-state index in [1.54, 1.807) is 19.6 Å². The number of aryl methyl sites for hydroxylation is 1. The summed E-state index contributed by atoms with van der Waals surface area (Å²) in [6, 6.07) is 0. The largest absolute Gasteiger partial charge is 0.378 e. The second kappa shape index (κ2) is 6.29. The fourth-order valence-electron chi connectivity index (χ4n) is 1.80. The van der Waals surface area contributed by atoms with Crippen LogP contribution in [0.2, 0.25) is 0 Å². The SMILES string of the molecule is CCCn1cncc1-c1nc(COC)c(I)c(=O)[nH]1. The Morgan fingerprint density at radius 2 is 2.32 bits per heavy atom. The molecule has 2 aromatic rings. The molecule has 0 fully saturated rings. The summed E-state index contributed by atoms with van der Waals surface area (Å²) in [6.07, 6.45) is 4.44. The Balaban J connectivity index is 2.50. The molecule has 0 aliphatic rings. The molecule has 0 saturated heterocycles. The summed E-state index contributed by atoms with van der Waals surface area (Å²) in [7, 11) is 1.58. The van der Waals surface area contributed by atoms with Crippen molar-refractivity contribution in [3.8, 4) is 11.5 Å². The summed E-state index contributed by atoms with van der Waals surface area (Å²) >= 11 is 1.98. The lowest BCUT2D eigenvalue weighted by Crippen LogP contribution is -2.17. The molecule has 2 rings (SSSR count). The Hall–Kier alpha value is -1.22. The van der Waals surface area contributed by atoms with E-state index in [2.05, 4.69) is 21.9 Å². The Labute approximate surface area is 124 Å². The highest BCUT2D eigenvalue weighted by Gasteiger charge is 2.13. The predicted molar refractivity (Wildman–Crippen MR) is 79.8 cm³/mol. The van der Waals surface area contributed by atoms with Crippen LogP contribution in [0.25, 0.3) is 11.5 Å². The molecule has 0 radical (unpaired) electrons. The quantitative estimate of drug-likeness (QED) is 0.811. The fraction of sp³-hybridized carbons (Fsp3) is 0.417. The number of hydrogen-bond donors (Lipinski definition) is 1. The topological polar surface area (TPSA) is 72.8 Å². The van der Waals surface area contributed by atoms with Gasteiger partial charge in [0.05, 0.1) is 24.8 Å². The molecule has 0 spiro atoms. The van der Waals surface area contributed by atoms with Crippen molar-refractivity contribution < 1.29 is 4.74 Å². The third-order valence-electron chi connectivity index (χ3n) is 2.63. The van der Waals surface area contributed by atoms with Crippen LogP contribution in [0.3, 0.4) is 0 Å². The third-order valence-corrected chi connectivity index (χ3v) is 3.74. The minimum absolute atomic E-state index is 0.151. The zero-order valence-corrected chi connectivity index (χ0v) is 13.0. The van der Waals surface area contributed by atoms with Gasteiger partial charge >= 0.3 is 0 Å². The van der Waals surface area contributed by atoms with Gasteiger partial charge in [-0.05, 0) is 29.0 Å². The van der Waals surface area contributed by atoms with E-state index in [0.29, 0.717) is 21.7 Å². The maximum Gasteiger partial charge on any atom is 0.265 e. The second-order valence-electron chi connectivity index (χ2n) is 4.08. The smallest absolute Gasteiger partial charge is 0.265 e. The summed E-state index contributed by atoms with van der Waals surface area (Å²) in [5.74, 6) is 0.531. The van der Waals surface area contributed by atoms with Crippen LogP contribution in [0.1, 0.15) is 19.0 Å². The van der Waals surface area contributed by atoms with E-state index in [4.69, 9.17) is 4.74 Å². The molecular weight excluding hydrogens is 359 g/mol. The molecule has 1 N–H and O–H groups in total. The van der Waals surface area contributed by atoms with Crippen LogP contribution in [0.5, 0.6) is 0 Å². The summed E-state index contributed by atoms with van der Waals surface area (Å²) in [4.78, 5) is 23.3. The maximum absolute atomic E-state index is 11.9. The molecule has 0 aromatic carbocycles. The lowest BCUT2D eigenvalue weighted by Gasteiger charge is -2.08.